The van der Waals surface area contributed by atoms with Crippen molar-refractivity contribution in [1.29, 1.82) is 0 Å². The maximum atomic E-state index is 15.4. The van der Waals surface area contributed by atoms with Gasteiger partial charge in [-0.2, -0.15) is 9.97 Å². The highest BCUT2D eigenvalue weighted by molar-refractivity contribution is 5.92. The fourth-order valence-corrected chi connectivity index (χ4v) is 2.99. The van der Waals surface area contributed by atoms with Crippen LogP contribution < -0.4 is 10.6 Å². The van der Waals surface area contributed by atoms with Gasteiger partial charge in [-0.1, -0.05) is 20.4 Å². The lowest BCUT2D eigenvalue weighted by Crippen LogP contribution is -2.41. The number of aliphatic hydroxyl groups excluding tert-OH is 2. The largest absolute Gasteiger partial charge is 0.394 e. The lowest BCUT2D eigenvalue weighted by molar-refractivity contribution is -0.118. The summed E-state index contributed by atoms with van der Waals surface area (Å²) in [6.45, 7) is 6.33. The number of halogens is 1. The second-order valence-corrected chi connectivity index (χ2v) is 6.80. The van der Waals surface area contributed by atoms with Gasteiger partial charge in [0.25, 0.3) is 0 Å². The number of anilines is 2. The first kappa shape index (κ1) is 20.1. The van der Waals surface area contributed by atoms with Crippen LogP contribution in [0.25, 0.3) is 11.2 Å². The van der Waals surface area contributed by atoms with Crippen molar-refractivity contribution in [2.24, 2.45) is 5.92 Å². The second-order valence-electron chi connectivity index (χ2n) is 6.80. The third kappa shape index (κ3) is 3.11. The molecule has 1 aliphatic rings. The maximum absolute atomic E-state index is 15.4. The molecule has 0 aromatic carbocycles. The Balaban J connectivity index is 2.11. The minimum absolute atomic E-state index is 0.0117. The monoisotopic (exact) mass is 394 g/mol. The summed E-state index contributed by atoms with van der Waals surface area (Å²) < 4.78 is 22.2. The Labute approximate surface area is 160 Å². The molecular weight excluding hydrogens is 371 g/mol. The van der Waals surface area contributed by atoms with E-state index in [4.69, 9.17) is 4.74 Å². The highest BCUT2D eigenvalue weighted by atomic mass is 19.1. The van der Waals surface area contributed by atoms with Crippen molar-refractivity contribution in [2.45, 2.75) is 38.0 Å². The number of carbonyl (C=O) groups is 1. The molecule has 1 amide bonds. The first-order valence-electron chi connectivity index (χ1n) is 8.76. The fourth-order valence-electron chi connectivity index (χ4n) is 2.99. The number of aromatic nitrogens is 4. The van der Waals surface area contributed by atoms with E-state index in [-0.39, 0.29) is 23.4 Å². The topological polar surface area (TPSA) is 134 Å². The van der Waals surface area contributed by atoms with E-state index < -0.39 is 30.7 Å². The van der Waals surface area contributed by atoms with Crippen LogP contribution in [-0.4, -0.2) is 67.2 Å². The molecule has 4 atom stereocenters. The summed E-state index contributed by atoms with van der Waals surface area (Å²) >= 11 is 0. The Bertz CT molecular complexity index is 903. The van der Waals surface area contributed by atoms with Crippen molar-refractivity contribution in [2.75, 3.05) is 24.3 Å². The number of nitrogens with zero attached hydrogens (tertiary/aromatic N) is 4. The van der Waals surface area contributed by atoms with Crippen LogP contribution in [0.3, 0.4) is 0 Å². The van der Waals surface area contributed by atoms with Crippen molar-refractivity contribution in [3.8, 4) is 0 Å². The van der Waals surface area contributed by atoms with Gasteiger partial charge in [0.05, 0.1) is 12.9 Å². The van der Waals surface area contributed by atoms with Crippen molar-refractivity contribution >= 4 is 28.8 Å². The summed E-state index contributed by atoms with van der Waals surface area (Å²) in [5, 5.41) is 25.0. The van der Waals surface area contributed by atoms with Gasteiger partial charge in [0.2, 0.25) is 17.5 Å². The molecule has 1 fully saturated rings. The molecule has 1 unspecified atom stereocenters. The number of hydrogen-bond acceptors (Lipinski definition) is 8. The molecule has 0 bridgehead atoms. The summed E-state index contributed by atoms with van der Waals surface area (Å²) in [6.07, 6.45) is -1.90. The van der Waals surface area contributed by atoms with Crippen LogP contribution in [0, 0.1) is 5.92 Å². The number of rotatable bonds is 6. The molecule has 0 aliphatic carbocycles. The molecule has 11 heteroatoms. The average Bonchev–Trinajstić information content (AvgIpc) is 3.20. The Kier molecular flexibility index (Phi) is 5.33. The predicted molar refractivity (Wildman–Crippen MR) is 99.4 cm³/mol. The second kappa shape index (κ2) is 7.41. The number of alkyl halides is 1. The van der Waals surface area contributed by atoms with Crippen LogP contribution in [0.2, 0.25) is 0 Å². The first-order chi connectivity index (χ1) is 13.3. The van der Waals surface area contributed by atoms with Crippen LogP contribution >= 0.6 is 0 Å². The third-order valence-electron chi connectivity index (χ3n) is 4.65. The van der Waals surface area contributed by atoms with Gasteiger partial charge in [-0.05, 0) is 6.08 Å². The quantitative estimate of drug-likeness (QED) is 0.524. The normalized spacial score (nSPS) is 27.3. The molecule has 2 aromatic rings. The summed E-state index contributed by atoms with van der Waals surface area (Å²) in [5.74, 6) is -0.243. The fraction of sp³-hybridized carbons (Fsp3) is 0.529. The molecule has 4 N–H and O–H groups in total. The van der Waals surface area contributed by atoms with E-state index in [0.717, 1.165) is 6.08 Å². The number of imidazole rings is 1. The van der Waals surface area contributed by atoms with Gasteiger partial charge in [-0.3, -0.25) is 14.7 Å². The zero-order valence-electron chi connectivity index (χ0n) is 15.8. The molecule has 0 radical (unpaired) electrons. The minimum atomic E-state index is -2.38. The van der Waals surface area contributed by atoms with E-state index in [2.05, 4.69) is 32.2 Å². The van der Waals surface area contributed by atoms with Gasteiger partial charge >= 0.3 is 0 Å². The Morgan fingerprint density at radius 2 is 2.25 bits per heavy atom. The molecule has 1 aliphatic heterocycles. The number of aliphatic hydroxyl groups is 2. The maximum Gasteiger partial charge on any atom is 0.233 e. The van der Waals surface area contributed by atoms with E-state index in [1.807, 2.05) is 0 Å². The van der Waals surface area contributed by atoms with Gasteiger partial charge in [-0.15, -0.1) is 0 Å². The van der Waals surface area contributed by atoms with Gasteiger partial charge in [0.1, 0.15) is 12.2 Å². The van der Waals surface area contributed by atoms with E-state index >= 15 is 4.39 Å². The summed E-state index contributed by atoms with van der Waals surface area (Å²) in [5.41, 5.74) is -1.88. The van der Waals surface area contributed by atoms with Gasteiger partial charge < -0.3 is 20.3 Å². The van der Waals surface area contributed by atoms with Crippen molar-refractivity contribution in [3.05, 3.63) is 19.0 Å². The Morgan fingerprint density at radius 3 is 2.82 bits per heavy atom. The van der Waals surface area contributed by atoms with Crippen molar-refractivity contribution in [3.63, 3.8) is 0 Å². The highest BCUT2D eigenvalue weighted by Crippen LogP contribution is 2.43. The average molecular weight is 394 g/mol. The van der Waals surface area contributed by atoms with Gasteiger partial charge in [0, 0.05) is 13.0 Å². The van der Waals surface area contributed by atoms with Crippen LogP contribution in [0.15, 0.2) is 19.0 Å². The standard InChI is InChI=1S/C17H23FN6O4/c1-5-17(18)11(26)9(6-25)28-15(17)24-7-20-10-12(19-4)21-16(22-13(10)24)23-14(27)8(2)3/h5,7-9,11,15,25-26H,1,6H2,2-4H3,(H2,19,21,22,23,27)/t9-,11?,15-,17-/m1/s1. The molecule has 28 heavy (non-hydrogen) atoms. The third-order valence-corrected chi connectivity index (χ3v) is 4.65. The number of hydrogen-bond donors (Lipinski definition) is 4. The Hall–Kier alpha value is -2.63. The number of amides is 1. The number of carbonyl (C=O) groups excluding carboxylic acids is 1. The minimum Gasteiger partial charge on any atom is -0.394 e. The molecular formula is C17H23FN6O4. The van der Waals surface area contributed by atoms with E-state index in [9.17, 15) is 15.0 Å². The molecule has 2 aromatic heterocycles. The van der Waals surface area contributed by atoms with E-state index in [1.165, 1.54) is 10.9 Å². The summed E-state index contributed by atoms with van der Waals surface area (Å²) in [6, 6.07) is 0. The molecule has 10 nitrogen and oxygen atoms in total. The molecule has 0 spiro atoms. The summed E-state index contributed by atoms with van der Waals surface area (Å²) in [4.78, 5) is 24.7. The van der Waals surface area contributed by atoms with Crippen molar-refractivity contribution < 1.29 is 24.1 Å². The van der Waals surface area contributed by atoms with Crippen LogP contribution in [0.1, 0.15) is 20.1 Å². The first-order valence-corrected chi connectivity index (χ1v) is 8.76. The van der Waals surface area contributed by atoms with E-state index in [0.29, 0.717) is 11.3 Å². The predicted octanol–water partition coefficient (Wildman–Crippen LogP) is 0.607. The van der Waals surface area contributed by atoms with Crippen LogP contribution in [0.5, 0.6) is 0 Å². The lowest BCUT2D eigenvalue weighted by Gasteiger charge is -2.25. The van der Waals surface area contributed by atoms with Gasteiger partial charge in [0.15, 0.2) is 23.2 Å². The highest BCUT2D eigenvalue weighted by Gasteiger charge is 2.56. The van der Waals surface area contributed by atoms with Crippen LogP contribution in [-0.2, 0) is 9.53 Å². The van der Waals surface area contributed by atoms with E-state index in [1.54, 1.807) is 20.9 Å². The lowest BCUT2D eigenvalue weighted by atomic mass is 9.96. The summed E-state index contributed by atoms with van der Waals surface area (Å²) in [7, 11) is 1.62. The SMILES string of the molecule is C=C[C@@]1(F)C(O)[C@@H](CO)O[C@H]1n1cnc2c(NC)nc(NC(=O)C(C)C)nc21. The smallest absolute Gasteiger partial charge is 0.233 e. The van der Waals surface area contributed by atoms with Gasteiger partial charge in [-0.25, -0.2) is 9.37 Å². The zero-order chi connectivity index (χ0) is 20.6. The molecule has 3 heterocycles. The van der Waals surface area contributed by atoms with Crippen LogP contribution in [0.4, 0.5) is 16.2 Å². The number of ether oxygens (including phenoxy) is 1. The molecule has 0 saturated carbocycles. The zero-order valence-corrected chi connectivity index (χ0v) is 15.8. The number of fused-ring (bicyclic) bond motifs is 1. The number of nitrogens with one attached hydrogen (secondary N) is 2. The molecule has 3 rings (SSSR count). The molecule has 152 valence electrons. The van der Waals surface area contributed by atoms with Crippen molar-refractivity contribution in [1.82, 2.24) is 19.5 Å². The Morgan fingerprint density at radius 1 is 1.54 bits per heavy atom. The molecule has 1 saturated heterocycles.